The van der Waals surface area contributed by atoms with Gasteiger partial charge in [0.2, 0.25) is 5.88 Å². The molecule has 0 bridgehead atoms. The van der Waals surface area contributed by atoms with Gasteiger partial charge >= 0.3 is 0 Å². The Labute approximate surface area is 111 Å². The molecule has 0 fully saturated rings. The Bertz CT molecular complexity index is 648. The predicted octanol–water partition coefficient (Wildman–Crippen LogP) is 2.64. The molecule has 0 unspecified atom stereocenters. The maximum Gasteiger partial charge on any atom is 0.221 e. The molecule has 2 N–H and O–H groups in total. The molecule has 0 radical (unpaired) electrons. The highest BCUT2D eigenvalue weighted by molar-refractivity contribution is 5.51. The van der Waals surface area contributed by atoms with E-state index in [1.54, 1.807) is 30.5 Å². The number of nitriles is 1. The smallest absolute Gasteiger partial charge is 0.221 e. The third kappa shape index (κ3) is 2.75. The van der Waals surface area contributed by atoms with Crippen molar-refractivity contribution in [2.45, 2.75) is 6.92 Å². The van der Waals surface area contributed by atoms with Crippen molar-refractivity contribution in [3.63, 3.8) is 0 Å². The predicted molar refractivity (Wildman–Crippen MR) is 71.2 cm³/mol. The standard InChI is InChI=1S/C14H13N3O2/c1-9-8-17-14(6-11(9)16)19-12-4-3-10(7-15)5-13(12)18-2/h3-6,8H,1-2H3,(H2,16,17). The zero-order valence-electron chi connectivity index (χ0n) is 10.7. The van der Waals surface area contributed by atoms with Crippen molar-refractivity contribution in [1.82, 2.24) is 4.98 Å². The van der Waals surface area contributed by atoms with Gasteiger partial charge in [0.15, 0.2) is 11.5 Å². The molecule has 5 heteroatoms. The molecule has 0 aliphatic heterocycles. The number of hydrogen-bond donors (Lipinski definition) is 1. The lowest BCUT2D eigenvalue weighted by atomic mass is 10.2. The summed E-state index contributed by atoms with van der Waals surface area (Å²) >= 11 is 0. The molecule has 0 amide bonds. The Morgan fingerprint density at radius 3 is 2.68 bits per heavy atom. The van der Waals surface area contributed by atoms with Gasteiger partial charge in [0.25, 0.3) is 0 Å². The molecule has 96 valence electrons. The highest BCUT2D eigenvalue weighted by atomic mass is 16.5. The molecule has 0 saturated carbocycles. The first-order valence-corrected chi connectivity index (χ1v) is 5.62. The van der Waals surface area contributed by atoms with Gasteiger partial charge in [-0.3, -0.25) is 0 Å². The van der Waals surface area contributed by atoms with E-state index in [-0.39, 0.29) is 0 Å². The average molecular weight is 255 g/mol. The van der Waals surface area contributed by atoms with Crippen molar-refractivity contribution in [2.24, 2.45) is 0 Å². The van der Waals surface area contributed by atoms with Gasteiger partial charge in [0.1, 0.15) is 0 Å². The summed E-state index contributed by atoms with van der Waals surface area (Å²) in [7, 11) is 1.51. The van der Waals surface area contributed by atoms with Crippen LogP contribution in [0.4, 0.5) is 5.69 Å². The number of rotatable bonds is 3. The number of benzene rings is 1. The monoisotopic (exact) mass is 255 g/mol. The van der Waals surface area contributed by atoms with Crippen LogP contribution in [-0.4, -0.2) is 12.1 Å². The SMILES string of the molecule is COc1cc(C#N)ccc1Oc1cc(N)c(C)cn1. The van der Waals surface area contributed by atoms with Crippen molar-refractivity contribution >= 4 is 5.69 Å². The topological polar surface area (TPSA) is 81.2 Å². The van der Waals surface area contributed by atoms with E-state index in [4.69, 9.17) is 20.5 Å². The van der Waals surface area contributed by atoms with E-state index in [1.807, 2.05) is 13.0 Å². The zero-order valence-corrected chi connectivity index (χ0v) is 10.7. The summed E-state index contributed by atoms with van der Waals surface area (Å²) in [6.45, 7) is 1.87. The Morgan fingerprint density at radius 1 is 1.26 bits per heavy atom. The van der Waals surface area contributed by atoms with Crippen LogP contribution >= 0.6 is 0 Å². The fourth-order valence-corrected chi connectivity index (χ4v) is 1.51. The number of aryl methyl sites for hydroxylation is 1. The number of aromatic nitrogens is 1. The van der Waals surface area contributed by atoms with Crippen molar-refractivity contribution in [2.75, 3.05) is 12.8 Å². The maximum atomic E-state index is 8.83. The number of nitrogen functional groups attached to an aromatic ring is 1. The summed E-state index contributed by atoms with van der Waals surface area (Å²) < 4.78 is 10.8. The van der Waals surface area contributed by atoms with Crippen LogP contribution in [0.5, 0.6) is 17.4 Å². The summed E-state index contributed by atoms with van der Waals surface area (Å²) in [5.41, 5.74) is 7.79. The summed E-state index contributed by atoms with van der Waals surface area (Å²) in [6, 6.07) is 8.60. The van der Waals surface area contributed by atoms with Crippen LogP contribution < -0.4 is 15.2 Å². The van der Waals surface area contributed by atoms with Gasteiger partial charge in [-0.25, -0.2) is 4.98 Å². The van der Waals surface area contributed by atoms with Gasteiger partial charge in [-0.1, -0.05) is 0 Å². The summed E-state index contributed by atoms with van der Waals surface area (Å²) in [6.07, 6.45) is 1.64. The van der Waals surface area contributed by atoms with Crippen molar-refractivity contribution in [1.29, 1.82) is 5.26 Å². The van der Waals surface area contributed by atoms with Gasteiger partial charge in [-0.05, 0) is 24.6 Å². The number of pyridine rings is 1. The van der Waals surface area contributed by atoms with Crippen LogP contribution in [-0.2, 0) is 0 Å². The first kappa shape index (κ1) is 12.7. The third-order valence-electron chi connectivity index (χ3n) is 2.63. The number of nitrogens with two attached hydrogens (primary N) is 1. The minimum absolute atomic E-state index is 0.381. The van der Waals surface area contributed by atoms with Crippen LogP contribution in [0.15, 0.2) is 30.5 Å². The lowest BCUT2D eigenvalue weighted by Crippen LogP contribution is -1.96. The number of methoxy groups -OCH3 is 1. The third-order valence-corrected chi connectivity index (χ3v) is 2.63. The minimum Gasteiger partial charge on any atom is -0.493 e. The molecule has 1 heterocycles. The molecule has 0 atom stereocenters. The van der Waals surface area contributed by atoms with Crippen LogP contribution in [0, 0.1) is 18.3 Å². The number of hydrogen-bond acceptors (Lipinski definition) is 5. The molecule has 2 aromatic rings. The summed E-state index contributed by atoms with van der Waals surface area (Å²) in [5, 5.41) is 8.83. The summed E-state index contributed by atoms with van der Waals surface area (Å²) in [4.78, 5) is 4.13. The maximum absolute atomic E-state index is 8.83. The molecule has 0 spiro atoms. The second-order valence-corrected chi connectivity index (χ2v) is 3.96. The van der Waals surface area contributed by atoms with E-state index in [1.165, 1.54) is 7.11 Å². The Hall–Kier alpha value is -2.74. The van der Waals surface area contributed by atoms with Gasteiger partial charge in [0, 0.05) is 24.0 Å². The number of anilines is 1. The van der Waals surface area contributed by atoms with Crippen LogP contribution in [0.1, 0.15) is 11.1 Å². The van der Waals surface area contributed by atoms with Gasteiger partial charge in [0.05, 0.1) is 18.7 Å². The van der Waals surface area contributed by atoms with Crippen LogP contribution in [0.25, 0.3) is 0 Å². The van der Waals surface area contributed by atoms with Gasteiger partial charge in [-0.15, -0.1) is 0 Å². The lowest BCUT2D eigenvalue weighted by Gasteiger charge is -2.10. The van der Waals surface area contributed by atoms with E-state index in [0.717, 1.165) is 5.56 Å². The molecule has 0 saturated heterocycles. The molecule has 0 aliphatic carbocycles. The molecular formula is C14H13N3O2. The van der Waals surface area contributed by atoms with Crippen molar-refractivity contribution < 1.29 is 9.47 Å². The number of nitrogens with zero attached hydrogens (tertiary/aromatic N) is 2. The van der Waals surface area contributed by atoms with E-state index >= 15 is 0 Å². The highest BCUT2D eigenvalue weighted by Gasteiger charge is 2.08. The average Bonchev–Trinajstić information content (AvgIpc) is 2.43. The van der Waals surface area contributed by atoms with Crippen molar-refractivity contribution in [3.05, 3.63) is 41.6 Å². The molecule has 19 heavy (non-hydrogen) atoms. The van der Waals surface area contributed by atoms with Gasteiger partial charge in [-0.2, -0.15) is 5.26 Å². The van der Waals surface area contributed by atoms with Crippen molar-refractivity contribution in [3.8, 4) is 23.4 Å². The summed E-state index contributed by atoms with van der Waals surface area (Å²) in [5.74, 6) is 1.34. The van der Waals surface area contributed by atoms with E-state index in [9.17, 15) is 0 Å². The molecule has 1 aromatic heterocycles. The Balaban J connectivity index is 2.32. The fourth-order valence-electron chi connectivity index (χ4n) is 1.51. The van der Waals surface area contributed by atoms with Crippen LogP contribution in [0.3, 0.4) is 0 Å². The molecule has 1 aromatic carbocycles. The van der Waals surface area contributed by atoms with E-state index in [0.29, 0.717) is 28.6 Å². The lowest BCUT2D eigenvalue weighted by molar-refractivity contribution is 0.374. The highest BCUT2D eigenvalue weighted by Crippen LogP contribution is 2.32. The molecule has 0 aliphatic rings. The quantitative estimate of drug-likeness (QED) is 0.911. The Morgan fingerprint density at radius 2 is 2.05 bits per heavy atom. The Kier molecular flexibility index (Phi) is 3.53. The molecular weight excluding hydrogens is 242 g/mol. The largest absolute Gasteiger partial charge is 0.493 e. The first-order valence-electron chi connectivity index (χ1n) is 5.62. The second-order valence-electron chi connectivity index (χ2n) is 3.96. The normalized spacial score (nSPS) is 9.74. The molecule has 5 nitrogen and oxygen atoms in total. The van der Waals surface area contributed by atoms with Gasteiger partial charge < -0.3 is 15.2 Å². The number of ether oxygens (including phenoxy) is 2. The first-order chi connectivity index (χ1) is 9.13. The fraction of sp³-hybridized carbons (Fsp3) is 0.143. The van der Waals surface area contributed by atoms with E-state index in [2.05, 4.69) is 4.98 Å². The zero-order chi connectivity index (χ0) is 13.8. The minimum atomic E-state index is 0.381. The molecule has 2 rings (SSSR count). The second kappa shape index (κ2) is 5.27. The van der Waals surface area contributed by atoms with Crippen LogP contribution in [0.2, 0.25) is 0 Å². The van der Waals surface area contributed by atoms with E-state index < -0.39 is 0 Å².